The molecule has 0 aliphatic carbocycles. The molecular formula is C17H20ClFN4OS. The maximum Gasteiger partial charge on any atom is 0.189 e. The van der Waals surface area contributed by atoms with Gasteiger partial charge < -0.3 is 10.1 Å². The first-order chi connectivity index (χ1) is 12.2. The van der Waals surface area contributed by atoms with Gasteiger partial charge in [0.25, 0.3) is 0 Å². The molecule has 1 N–H and O–H groups in total. The van der Waals surface area contributed by atoms with E-state index < -0.39 is 5.82 Å². The second-order valence-corrected chi connectivity index (χ2v) is 7.10. The molecule has 1 aliphatic heterocycles. The molecule has 0 saturated carbocycles. The van der Waals surface area contributed by atoms with Gasteiger partial charge >= 0.3 is 0 Å². The Morgan fingerprint density at radius 1 is 1.28 bits per heavy atom. The molecular weight excluding hydrogens is 363 g/mol. The number of nitrogens with one attached hydrogen (secondary N) is 1. The number of anilines is 2. The number of rotatable bonds is 7. The molecule has 0 radical (unpaired) electrons. The summed E-state index contributed by atoms with van der Waals surface area (Å²) in [4.78, 5) is 11.2. The van der Waals surface area contributed by atoms with Gasteiger partial charge in [-0.05, 0) is 37.2 Å². The summed E-state index contributed by atoms with van der Waals surface area (Å²) in [7, 11) is 0. The molecule has 25 heavy (non-hydrogen) atoms. The van der Waals surface area contributed by atoms with Crippen molar-refractivity contribution in [2.75, 3.05) is 43.9 Å². The first kappa shape index (κ1) is 18.4. The van der Waals surface area contributed by atoms with E-state index in [1.165, 1.54) is 12.1 Å². The third-order valence-corrected chi connectivity index (χ3v) is 5.02. The van der Waals surface area contributed by atoms with E-state index >= 15 is 0 Å². The molecule has 0 spiro atoms. The number of ether oxygens (including phenoxy) is 1. The number of hydrogen-bond donors (Lipinski definition) is 1. The van der Waals surface area contributed by atoms with Crippen molar-refractivity contribution in [2.45, 2.75) is 11.6 Å². The molecule has 134 valence electrons. The highest BCUT2D eigenvalue weighted by atomic mass is 35.5. The van der Waals surface area contributed by atoms with E-state index in [0.717, 1.165) is 50.2 Å². The minimum Gasteiger partial charge on any atom is -0.379 e. The van der Waals surface area contributed by atoms with Gasteiger partial charge in [-0.1, -0.05) is 23.4 Å². The molecule has 1 aromatic carbocycles. The predicted molar refractivity (Wildman–Crippen MR) is 99.3 cm³/mol. The Hall–Kier alpha value is -1.41. The van der Waals surface area contributed by atoms with Crippen molar-refractivity contribution in [3.63, 3.8) is 0 Å². The summed E-state index contributed by atoms with van der Waals surface area (Å²) in [5.41, 5.74) is 0.688. The Bertz CT molecular complexity index is 700. The second-order valence-electron chi connectivity index (χ2n) is 5.63. The quantitative estimate of drug-likeness (QED) is 0.446. The van der Waals surface area contributed by atoms with Crippen LogP contribution in [0.1, 0.15) is 6.42 Å². The van der Waals surface area contributed by atoms with Crippen molar-refractivity contribution in [2.24, 2.45) is 0 Å². The van der Waals surface area contributed by atoms with Crippen molar-refractivity contribution in [1.82, 2.24) is 14.9 Å². The third-order valence-electron chi connectivity index (χ3n) is 3.78. The number of morpholine rings is 1. The highest BCUT2D eigenvalue weighted by Crippen LogP contribution is 2.23. The Morgan fingerprint density at radius 3 is 2.92 bits per heavy atom. The van der Waals surface area contributed by atoms with Crippen LogP contribution < -0.4 is 5.32 Å². The molecule has 1 saturated heterocycles. The maximum absolute atomic E-state index is 13.2. The lowest BCUT2D eigenvalue weighted by atomic mass is 10.3. The van der Waals surface area contributed by atoms with E-state index in [2.05, 4.69) is 20.2 Å². The summed E-state index contributed by atoms with van der Waals surface area (Å²) in [5, 5.41) is 3.92. The zero-order valence-corrected chi connectivity index (χ0v) is 15.3. The van der Waals surface area contributed by atoms with Crippen LogP contribution in [0.2, 0.25) is 5.02 Å². The summed E-state index contributed by atoms with van der Waals surface area (Å²) >= 11 is 7.43. The third kappa shape index (κ3) is 5.81. The Balaban J connectivity index is 1.48. The summed E-state index contributed by atoms with van der Waals surface area (Å²) < 4.78 is 18.6. The molecule has 0 unspecified atom stereocenters. The van der Waals surface area contributed by atoms with Crippen molar-refractivity contribution in [1.29, 1.82) is 0 Å². The van der Waals surface area contributed by atoms with E-state index in [-0.39, 0.29) is 5.02 Å². The Kier molecular flexibility index (Phi) is 6.86. The number of halogens is 2. The summed E-state index contributed by atoms with van der Waals surface area (Å²) in [6.45, 7) is 4.76. The first-order valence-corrected chi connectivity index (χ1v) is 9.55. The van der Waals surface area contributed by atoms with Gasteiger partial charge in [-0.15, -0.1) is 0 Å². The molecule has 0 bridgehead atoms. The number of aromatic nitrogens is 2. The fourth-order valence-corrected chi connectivity index (χ4v) is 3.41. The minimum atomic E-state index is -0.439. The Labute approximate surface area is 155 Å². The number of thioether (sulfide) groups is 1. The topological polar surface area (TPSA) is 50.3 Å². The second kappa shape index (κ2) is 9.33. The lowest BCUT2D eigenvalue weighted by Gasteiger charge is -2.26. The molecule has 1 aromatic heterocycles. The highest BCUT2D eigenvalue weighted by Gasteiger charge is 2.09. The van der Waals surface area contributed by atoms with Crippen LogP contribution in [0.25, 0.3) is 0 Å². The van der Waals surface area contributed by atoms with Crippen LogP contribution in [-0.2, 0) is 4.74 Å². The van der Waals surface area contributed by atoms with Crippen LogP contribution in [-0.4, -0.2) is 53.5 Å². The summed E-state index contributed by atoms with van der Waals surface area (Å²) in [5.74, 6) is 1.18. The lowest BCUT2D eigenvalue weighted by molar-refractivity contribution is 0.0381. The number of benzene rings is 1. The van der Waals surface area contributed by atoms with Crippen molar-refractivity contribution >= 4 is 34.9 Å². The maximum atomic E-state index is 13.2. The average Bonchev–Trinajstić information content (AvgIpc) is 2.63. The molecule has 5 nitrogen and oxygen atoms in total. The van der Waals surface area contributed by atoms with E-state index in [4.69, 9.17) is 16.3 Å². The Morgan fingerprint density at radius 2 is 2.12 bits per heavy atom. The van der Waals surface area contributed by atoms with Crippen LogP contribution in [0.4, 0.5) is 15.9 Å². The van der Waals surface area contributed by atoms with Crippen molar-refractivity contribution < 1.29 is 9.13 Å². The van der Waals surface area contributed by atoms with Gasteiger partial charge in [0.15, 0.2) is 5.16 Å². The van der Waals surface area contributed by atoms with Gasteiger partial charge in [0.1, 0.15) is 11.6 Å². The van der Waals surface area contributed by atoms with Gasteiger partial charge in [-0.2, -0.15) is 0 Å². The van der Waals surface area contributed by atoms with Crippen molar-refractivity contribution in [3.8, 4) is 0 Å². The zero-order valence-electron chi connectivity index (χ0n) is 13.8. The van der Waals surface area contributed by atoms with E-state index in [1.54, 1.807) is 30.1 Å². The van der Waals surface area contributed by atoms with Crippen LogP contribution in [0, 0.1) is 5.82 Å². The van der Waals surface area contributed by atoms with E-state index in [9.17, 15) is 4.39 Å². The summed E-state index contributed by atoms with van der Waals surface area (Å²) in [6, 6.07) is 6.26. The SMILES string of the molecule is Fc1ccc(Nc2ccnc(SCCCN3CCOCC3)n2)cc1Cl. The summed E-state index contributed by atoms with van der Waals surface area (Å²) in [6.07, 6.45) is 2.80. The molecule has 1 aliphatic rings. The van der Waals surface area contributed by atoms with Crippen LogP contribution in [0.15, 0.2) is 35.6 Å². The first-order valence-electron chi connectivity index (χ1n) is 8.19. The average molecular weight is 383 g/mol. The van der Waals surface area contributed by atoms with Crippen LogP contribution in [0.5, 0.6) is 0 Å². The zero-order chi connectivity index (χ0) is 17.5. The molecule has 1 fully saturated rings. The molecule has 3 rings (SSSR count). The van der Waals surface area contributed by atoms with Gasteiger partial charge in [0, 0.05) is 30.7 Å². The normalized spacial score (nSPS) is 15.3. The lowest BCUT2D eigenvalue weighted by Crippen LogP contribution is -2.36. The highest BCUT2D eigenvalue weighted by molar-refractivity contribution is 7.99. The monoisotopic (exact) mass is 382 g/mol. The molecule has 8 heteroatoms. The van der Waals surface area contributed by atoms with E-state index in [1.807, 2.05) is 0 Å². The number of hydrogen-bond acceptors (Lipinski definition) is 6. The van der Waals surface area contributed by atoms with Crippen LogP contribution >= 0.6 is 23.4 Å². The fraction of sp³-hybridized carbons (Fsp3) is 0.412. The predicted octanol–water partition coefficient (Wildman–Crippen LogP) is 3.83. The largest absolute Gasteiger partial charge is 0.379 e. The van der Waals surface area contributed by atoms with Gasteiger partial charge in [0.2, 0.25) is 0 Å². The molecule has 2 aromatic rings. The molecule has 2 heterocycles. The smallest absolute Gasteiger partial charge is 0.189 e. The van der Waals surface area contributed by atoms with E-state index in [0.29, 0.717) is 11.5 Å². The van der Waals surface area contributed by atoms with Crippen LogP contribution in [0.3, 0.4) is 0 Å². The van der Waals surface area contributed by atoms with Gasteiger partial charge in [-0.25, -0.2) is 14.4 Å². The van der Waals surface area contributed by atoms with Gasteiger partial charge in [0.05, 0.1) is 18.2 Å². The fourth-order valence-electron chi connectivity index (χ4n) is 2.48. The standard InChI is InChI=1S/C17H20ClFN4OS/c18-14-12-13(2-3-15(14)19)21-16-4-5-20-17(22-16)25-11-1-6-23-7-9-24-10-8-23/h2-5,12H,1,6-11H2,(H,20,21,22). The number of nitrogens with zero attached hydrogens (tertiary/aromatic N) is 3. The molecule has 0 amide bonds. The molecule has 0 atom stereocenters. The van der Waals surface area contributed by atoms with Crippen molar-refractivity contribution in [3.05, 3.63) is 41.3 Å². The van der Waals surface area contributed by atoms with Gasteiger partial charge in [-0.3, -0.25) is 4.90 Å². The minimum absolute atomic E-state index is 0.0803.